The average Bonchev–Trinajstić information content (AvgIpc) is 2.78. The standard InChI is InChI=1S/C14H25N3/c1-4-11-7-5-6-8-12(11)14(15-2)13-9-16-10-17(13)3/h9-12,14-15H,4-8H2,1-3H3. The van der Waals surface area contributed by atoms with Gasteiger partial charge in [-0.05, 0) is 25.3 Å². The van der Waals surface area contributed by atoms with Gasteiger partial charge >= 0.3 is 0 Å². The zero-order valence-corrected chi connectivity index (χ0v) is 11.3. The van der Waals surface area contributed by atoms with E-state index in [0.29, 0.717) is 6.04 Å². The van der Waals surface area contributed by atoms with E-state index < -0.39 is 0 Å². The van der Waals surface area contributed by atoms with Crippen LogP contribution in [0.3, 0.4) is 0 Å². The summed E-state index contributed by atoms with van der Waals surface area (Å²) in [6.07, 6.45) is 10.8. The predicted molar refractivity (Wildman–Crippen MR) is 70.7 cm³/mol. The third kappa shape index (κ3) is 2.54. The Morgan fingerprint density at radius 3 is 2.82 bits per heavy atom. The Bertz CT molecular complexity index is 345. The molecule has 0 saturated heterocycles. The lowest BCUT2D eigenvalue weighted by atomic mass is 9.73. The molecule has 0 amide bonds. The molecular weight excluding hydrogens is 210 g/mol. The molecule has 0 aromatic carbocycles. The maximum atomic E-state index is 4.26. The molecule has 0 bridgehead atoms. The van der Waals surface area contributed by atoms with Gasteiger partial charge in [-0.2, -0.15) is 0 Å². The highest BCUT2D eigenvalue weighted by Gasteiger charge is 2.32. The fourth-order valence-corrected chi connectivity index (χ4v) is 3.43. The summed E-state index contributed by atoms with van der Waals surface area (Å²) in [6.45, 7) is 2.33. The molecule has 1 heterocycles. The first-order valence-corrected chi connectivity index (χ1v) is 6.91. The van der Waals surface area contributed by atoms with Gasteiger partial charge in [-0.3, -0.25) is 0 Å². The molecule has 1 N–H and O–H groups in total. The van der Waals surface area contributed by atoms with Crippen molar-refractivity contribution >= 4 is 0 Å². The fraction of sp³-hybridized carbons (Fsp3) is 0.786. The number of nitrogens with zero attached hydrogens (tertiary/aromatic N) is 2. The molecule has 2 rings (SSSR count). The summed E-state index contributed by atoms with van der Waals surface area (Å²) in [6, 6.07) is 0.466. The monoisotopic (exact) mass is 235 g/mol. The largest absolute Gasteiger partial charge is 0.336 e. The third-order valence-corrected chi connectivity index (χ3v) is 4.40. The minimum Gasteiger partial charge on any atom is -0.336 e. The van der Waals surface area contributed by atoms with Crippen molar-refractivity contribution < 1.29 is 0 Å². The first-order chi connectivity index (χ1) is 8.27. The van der Waals surface area contributed by atoms with Crippen LogP contribution in [0.1, 0.15) is 50.8 Å². The van der Waals surface area contributed by atoms with Crippen molar-refractivity contribution in [3.05, 3.63) is 18.2 Å². The van der Waals surface area contributed by atoms with Gasteiger partial charge in [0, 0.05) is 13.2 Å². The molecule has 1 saturated carbocycles. The summed E-state index contributed by atoms with van der Waals surface area (Å²) in [4.78, 5) is 4.26. The Morgan fingerprint density at radius 2 is 2.24 bits per heavy atom. The molecule has 3 heteroatoms. The van der Waals surface area contributed by atoms with E-state index in [-0.39, 0.29) is 0 Å². The van der Waals surface area contributed by atoms with Crippen molar-refractivity contribution in [2.24, 2.45) is 18.9 Å². The Kier molecular flexibility index (Phi) is 4.21. The van der Waals surface area contributed by atoms with E-state index >= 15 is 0 Å². The van der Waals surface area contributed by atoms with Gasteiger partial charge in [-0.25, -0.2) is 4.98 Å². The zero-order valence-electron chi connectivity index (χ0n) is 11.3. The van der Waals surface area contributed by atoms with Gasteiger partial charge in [0.15, 0.2) is 0 Å². The van der Waals surface area contributed by atoms with E-state index in [4.69, 9.17) is 0 Å². The zero-order chi connectivity index (χ0) is 12.3. The molecule has 3 unspecified atom stereocenters. The first kappa shape index (κ1) is 12.6. The SMILES string of the molecule is CCC1CCCCC1C(NC)c1cncn1C. The van der Waals surface area contributed by atoms with E-state index in [0.717, 1.165) is 11.8 Å². The van der Waals surface area contributed by atoms with Gasteiger partial charge in [-0.15, -0.1) is 0 Å². The number of imidazole rings is 1. The number of hydrogen-bond acceptors (Lipinski definition) is 2. The molecule has 1 aromatic rings. The average molecular weight is 235 g/mol. The van der Waals surface area contributed by atoms with E-state index in [1.165, 1.54) is 37.8 Å². The summed E-state index contributed by atoms with van der Waals surface area (Å²) in [7, 11) is 4.18. The van der Waals surface area contributed by atoms with Crippen LogP contribution in [-0.4, -0.2) is 16.6 Å². The Hall–Kier alpha value is -0.830. The lowest BCUT2D eigenvalue weighted by Gasteiger charge is -2.36. The summed E-state index contributed by atoms with van der Waals surface area (Å²) >= 11 is 0. The van der Waals surface area contributed by atoms with E-state index in [9.17, 15) is 0 Å². The van der Waals surface area contributed by atoms with Crippen molar-refractivity contribution in [1.29, 1.82) is 0 Å². The van der Waals surface area contributed by atoms with Crippen molar-refractivity contribution in [3.8, 4) is 0 Å². The Labute approximate surface area is 105 Å². The second-order valence-corrected chi connectivity index (χ2v) is 5.31. The highest BCUT2D eigenvalue weighted by molar-refractivity contribution is 5.07. The summed E-state index contributed by atoms with van der Waals surface area (Å²) in [5, 5.41) is 3.52. The van der Waals surface area contributed by atoms with Crippen LogP contribution in [0.15, 0.2) is 12.5 Å². The summed E-state index contributed by atoms with van der Waals surface area (Å²) in [5.74, 6) is 1.64. The smallest absolute Gasteiger partial charge is 0.0946 e. The molecule has 1 fully saturated rings. The van der Waals surface area contributed by atoms with Crippen molar-refractivity contribution in [3.63, 3.8) is 0 Å². The molecule has 1 aromatic heterocycles. The number of rotatable bonds is 4. The van der Waals surface area contributed by atoms with Crippen LogP contribution in [0.5, 0.6) is 0 Å². The summed E-state index contributed by atoms with van der Waals surface area (Å²) in [5.41, 5.74) is 1.33. The number of nitrogens with one attached hydrogen (secondary N) is 1. The normalized spacial score (nSPS) is 27.0. The lowest BCUT2D eigenvalue weighted by Crippen LogP contribution is -2.33. The molecule has 96 valence electrons. The molecule has 3 atom stereocenters. The van der Waals surface area contributed by atoms with Crippen LogP contribution < -0.4 is 5.32 Å². The summed E-state index contributed by atoms with van der Waals surface area (Å²) < 4.78 is 2.16. The van der Waals surface area contributed by atoms with E-state index in [2.05, 4.69) is 35.9 Å². The number of aromatic nitrogens is 2. The highest BCUT2D eigenvalue weighted by atomic mass is 15.1. The molecule has 0 spiro atoms. The molecular formula is C14H25N3. The van der Waals surface area contributed by atoms with Gasteiger partial charge < -0.3 is 9.88 Å². The maximum Gasteiger partial charge on any atom is 0.0946 e. The molecule has 0 radical (unpaired) electrons. The van der Waals surface area contributed by atoms with E-state index in [1.54, 1.807) is 0 Å². The first-order valence-electron chi connectivity index (χ1n) is 6.91. The van der Waals surface area contributed by atoms with Crippen LogP contribution in [-0.2, 0) is 7.05 Å². The van der Waals surface area contributed by atoms with Crippen LogP contribution in [0, 0.1) is 11.8 Å². The molecule has 1 aliphatic rings. The van der Waals surface area contributed by atoms with Crippen molar-refractivity contribution in [2.75, 3.05) is 7.05 Å². The molecule has 17 heavy (non-hydrogen) atoms. The van der Waals surface area contributed by atoms with Gasteiger partial charge in [-0.1, -0.05) is 32.6 Å². The molecule has 0 aliphatic heterocycles. The van der Waals surface area contributed by atoms with Crippen molar-refractivity contribution in [2.45, 2.75) is 45.1 Å². The van der Waals surface area contributed by atoms with Gasteiger partial charge in [0.25, 0.3) is 0 Å². The second kappa shape index (κ2) is 5.67. The topological polar surface area (TPSA) is 29.9 Å². The van der Waals surface area contributed by atoms with Gasteiger partial charge in [0.1, 0.15) is 0 Å². The van der Waals surface area contributed by atoms with Crippen molar-refractivity contribution in [1.82, 2.24) is 14.9 Å². The van der Waals surface area contributed by atoms with Gasteiger partial charge in [0.05, 0.1) is 18.1 Å². The van der Waals surface area contributed by atoms with Gasteiger partial charge in [0.2, 0.25) is 0 Å². The minimum absolute atomic E-state index is 0.466. The quantitative estimate of drug-likeness (QED) is 0.869. The number of aryl methyl sites for hydroxylation is 1. The Morgan fingerprint density at radius 1 is 1.47 bits per heavy atom. The van der Waals surface area contributed by atoms with Crippen LogP contribution >= 0.6 is 0 Å². The highest BCUT2D eigenvalue weighted by Crippen LogP contribution is 2.39. The second-order valence-electron chi connectivity index (χ2n) is 5.31. The maximum absolute atomic E-state index is 4.26. The van der Waals surface area contributed by atoms with Crippen LogP contribution in [0.25, 0.3) is 0 Å². The molecule has 1 aliphatic carbocycles. The van der Waals surface area contributed by atoms with E-state index in [1.807, 2.05) is 12.5 Å². The Balaban J connectivity index is 2.19. The fourth-order valence-electron chi connectivity index (χ4n) is 3.43. The van der Waals surface area contributed by atoms with Crippen LogP contribution in [0.2, 0.25) is 0 Å². The van der Waals surface area contributed by atoms with Crippen LogP contribution in [0.4, 0.5) is 0 Å². The predicted octanol–water partition coefficient (Wildman–Crippen LogP) is 2.90. The molecule has 3 nitrogen and oxygen atoms in total. The minimum atomic E-state index is 0.466. The number of hydrogen-bond donors (Lipinski definition) is 1. The third-order valence-electron chi connectivity index (χ3n) is 4.40. The lowest BCUT2D eigenvalue weighted by molar-refractivity contribution is 0.176.